The van der Waals surface area contributed by atoms with Crippen molar-refractivity contribution >= 4 is 21.9 Å². The van der Waals surface area contributed by atoms with Crippen LogP contribution in [0.2, 0.25) is 0 Å². The summed E-state index contributed by atoms with van der Waals surface area (Å²) in [6.07, 6.45) is 1.44. The molecule has 2 aliphatic rings. The summed E-state index contributed by atoms with van der Waals surface area (Å²) in [4.78, 5) is 26.6. The molecule has 2 fully saturated rings. The molecule has 0 radical (unpaired) electrons. The predicted molar refractivity (Wildman–Crippen MR) is 101 cm³/mol. The molecule has 8 nitrogen and oxygen atoms in total. The van der Waals surface area contributed by atoms with Crippen molar-refractivity contribution in [2.75, 3.05) is 46.0 Å². The van der Waals surface area contributed by atoms with E-state index in [1.807, 2.05) is 0 Å². The number of likely N-dealkylation sites (tertiary alicyclic amines) is 1. The fraction of sp³-hybridized carbons (Fsp3) is 0.579. The van der Waals surface area contributed by atoms with E-state index in [0.717, 1.165) is 6.42 Å². The van der Waals surface area contributed by atoms with E-state index in [0.29, 0.717) is 58.0 Å². The van der Waals surface area contributed by atoms with Crippen LogP contribution >= 0.6 is 0 Å². The fourth-order valence-electron chi connectivity index (χ4n) is 3.50. The van der Waals surface area contributed by atoms with Gasteiger partial charge in [-0.1, -0.05) is 0 Å². The minimum Gasteiger partial charge on any atom is -0.466 e. The van der Waals surface area contributed by atoms with E-state index >= 15 is 0 Å². The van der Waals surface area contributed by atoms with E-state index in [2.05, 4.69) is 0 Å². The van der Waals surface area contributed by atoms with Gasteiger partial charge in [0.2, 0.25) is 10.0 Å². The maximum absolute atomic E-state index is 12.8. The molecule has 0 aliphatic carbocycles. The maximum Gasteiger partial charge on any atom is 0.310 e. The predicted octanol–water partition coefficient (Wildman–Crippen LogP) is 1.12. The van der Waals surface area contributed by atoms with Crippen molar-refractivity contribution < 1.29 is 27.5 Å². The molecule has 1 amide bonds. The molecule has 154 valence electrons. The minimum atomic E-state index is -3.59. The van der Waals surface area contributed by atoms with Crippen LogP contribution in [-0.2, 0) is 24.3 Å². The van der Waals surface area contributed by atoms with Gasteiger partial charge < -0.3 is 14.4 Å². The van der Waals surface area contributed by atoms with Gasteiger partial charge >= 0.3 is 5.97 Å². The second kappa shape index (κ2) is 9.02. The van der Waals surface area contributed by atoms with Crippen molar-refractivity contribution in [3.8, 4) is 0 Å². The number of rotatable bonds is 5. The van der Waals surface area contributed by atoms with Crippen LogP contribution < -0.4 is 0 Å². The standard InChI is InChI=1S/C19H26N2O6S/c1-2-27-19(23)16-4-3-9-20(14-16)18(22)15-5-7-17(8-6-15)28(24,25)21-10-12-26-13-11-21/h5-8,16H,2-4,9-14H2,1H3/t16-/m1/s1. The summed E-state index contributed by atoms with van der Waals surface area (Å²) in [5.41, 5.74) is 0.408. The largest absolute Gasteiger partial charge is 0.466 e. The molecule has 0 unspecified atom stereocenters. The third kappa shape index (κ3) is 4.53. The Bertz CT molecular complexity index is 802. The molecule has 1 aromatic rings. The van der Waals surface area contributed by atoms with Gasteiger partial charge in [-0.05, 0) is 44.0 Å². The number of carbonyl (C=O) groups excluding carboxylic acids is 2. The monoisotopic (exact) mass is 410 g/mol. The van der Waals surface area contributed by atoms with Crippen molar-refractivity contribution in [3.63, 3.8) is 0 Å². The van der Waals surface area contributed by atoms with Crippen LogP contribution in [0.5, 0.6) is 0 Å². The molecule has 1 aromatic carbocycles. The van der Waals surface area contributed by atoms with Gasteiger partial charge in [-0.3, -0.25) is 9.59 Å². The Labute approximate surface area is 165 Å². The van der Waals surface area contributed by atoms with Crippen LogP contribution in [0, 0.1) is 5.92 Å². The number of esters is 1. The second-order valence-corrected chi connectivity index (χ2v) is 8.82. The van der Waals surface area contributed by atoms with Gasteiger partial charge in [-0.15, -0.1) is 0 Å². The highest BCUT2D eigenvalue weighted by Gasteiger charge is 2.30. The van der Waals surface area contributed by atoms with Crippen molar-refractivity contribution in [3.05, 3.63) is 29.8 Å². The molecular weight excluding hydrogens is 384 g/mol. The van der Waals surface area contributed by atoms with E-state index in [1.54, 1.807) is 11.8 Å². The third-order valence-corrected chi connectivity index (χ3v) is 6.95. The Morgan fingerprint density at radius 3 is 2.46 bits per heavy atom. The lowest BCUT2D eigenvalue weighted by atomic mass is 9.97. The second-order valence-electron chi connectivity index (χ2n) is 6.88. The van der Waals surface area contributed by atoms with Gasteiger partial charge in [0.15, 0.2) is 0 Å². The van der Waals surface area contributed by atoms with E-state index in [4.69, 9.17) is 9.47 Å². The molecule has 3 rings (SSSR count). The smallest absolute Gasteiger partial charge is 0.310 e. The maximum atomic E-state index is 12.8. The van der Waals surface area contributed by atoms with Crippen LogP contribution in [0.3, 0.4) is 0 Å². The number of morpholine rings is 1. The summed E-state index contributed by atoms with van der Waals surface area (Å²) in [6.45, 7) is 4.39. The van der Waals surface area contributed by atoms with Crippen LogP contribution in [-0.4, -0.2) is 75.5 Å². The summed E-state index contributed by atoms with van der Waals surface area (Å²) in [5, 5.41) is 0. The molecule has 28 heavy (non-hydrogen) atoms. The van der Waals surface area contributed by atoms with Crippen LogP contribution in [0.1, 0.15) is 30.1 Å². The summed E-state index contributed by atoms with van der Waals surface area (Å²) in [6, 6.07) is 5.99. The number of ether oxygens (including phenoxy) is 2. The Morgan fingerprint density at radius 2 is 1.82 bits per heavy atom. The molecule has 0 saturated carbocycles. The Hall–Kier alpha value is -1.97. The van der Waals surface area contributed by atoms with Crippen molar-refractivity contribution in [1.82, 2.24) is 9.21 Å². The third-order valence-electron chi connectivity index (χ3n) is 5.04. The summed E-state index contributed by atoms with van der Waals surface area (Å²) in [7, 11) is -3.59. The first-order valence-corrected chi connectivity index (χ1v) is 11.0. The first-order valence-electron chi connectivity index (χ1n) is 9.57. The van der Waals surface area contributed by atoms with Gasteiger partial charge in [0.1, 0.15) is 0 Å². The van der Waals surface area contributed by atoms with Crippen molar-refractivity contribution in [2.24, 2.45) is 5.92 Å². The summed E-state index contributed by atoms with van der Waals surface area (Å²) >= 11 is 0. The van der Waals surface area contributed by atoms with E-state index in [1.165, 1.54) is 28.6 Å². The van der Waals surface area contributed by atoms with Crippen LogP contribution in [0.25, 0.3) is 0 Å². The Morgan fingerprint density at radius 1 is 1.14 bits per heavy atom. The number of nitrogens with zero attached hydrogens (tertiary/aromatic N) is 2. The molecule has 0 bridgehead atoms. The highest BCUT2D eigenvalue weighted by Crippen LogP contribution is 2.22. The fourth-order valence-corrected chi connectivity index (χ4v) is 4.91. The van der Waals surface area contributed by atoms with Crippen LogP contribution in [0.4, 0.5) is 0 Å². The first kappa shape index (κ1) is 20.8. The highest BCUT2D eigenvalue weighted by molar-refractivity contribution is 7.89. The van der Waals surface area contributed by atoms with E-state index in [-0.39, 0.29) is 22.7 Å². The molecule has 0 spiro atoms. The number of sulfonamides is 1. The number of hydrogen-bond donors (Lipinski definition) is 0. The topological polar surface area (TPSA) is 93.2 Å². The molecule has 9 heteroatoms. The van der Waals surface area contributed by atoms with Crippen molar-refractivity contribution in [1.29, 1.82) is 0 Å². The SMILES string of the molecule is CCOC(=O)[C@@H]1CCCN(C(=O)c2ccc(S(=O)(=O)N3CCOCC3)cc2)C1. The van der Waals surface area contributed by atoms with Gasteiger partial charge in [0.05, 0.1) is 30.6 Å². The average molecular weight is 410 g/mol. The number of benzene rings is 1. The van der Waals surface area contributed by atoms with E-state index in [9.17, 15) is 18.0 Å². The molecule has 0 N–H and O–H groups in total. The van der Waals surface area contributed by atoms with Gasteiger partial charge in [0, 0.05) is 31.7 Å². The number of piperidine rings is 1. The van der Waals surface area contributed by atoms with Gasteiger partial charge in [-0.25, -0.2) is 8.42 Å². The summed E-state index contributed by atoms with van der Waals surface area (Å²) < 4.78 is 37.0. The zero-order valence-electron chi connectivity index (χ0n) is 16.0. The lowest BCUT2D eigenvalue weighted by Gasteiger charge is -2.31. The lowest BCUT2D eigenvalue weighted by molar-refractivity contribution is -0.149. The molecule has 2 saturated heterocycles. The highest BCUT2D eigenvalue weighted by atomic mass is 32.2. The van der Waals surface area contributed by atoms with Crippen LogP contribution in [0.15, 0.2) is 29.2 Å². The Kier molecular flexibility index (Phi) is 6.69. The van der Waals surface area contributed by atoms with E-state index < -0.39 is 10.0 Å². The van der Waals surface area contributed by atoms with Crippen molar-refractivity contribution in [2.45, 2.75) is 24.7 Å². The molecule has 0 aromatic heterocycles. The number of amides is 1. The number of carbonyl (C=O) groups is 2. The first-order chi connectivity index (χ1) is 13.4. The average Bonchev–Trinajstić information content (AvgIpc) is 2.74. The minimum absolute atomic E-state index is 0.161. The molecule has 1 atom stereocenters. The van der Waals surface area contributed by atoms with Gasteiger partial charge in [-0.2, -0.15) is 4.31 Å². The zero-order chi connectivity index (χ0) is 20.1. The van der Waals surface area contributed by atoms with Gasteiger partial charge in [0.25, 0.3) is 5.91 Å². The quantitative estimate of drug-likeness (QED) is 0.676. The zero-order valence-corrected chi connectivity index (χ0v) is 16.8. The lowest BCUT2D eigenvalue weighted by Crippen LogP contribution is -2.43. The molecule has 2 aliphatic heterocycles. The molecule has 2 heterocycles. The summed E-state index contributed by atoms with van der Waals surface area (Å²) in [5.74, 6) is -0.783. The molecular formula is C19H26N2O6S. The normalized spacial score (nSPS) is 21.3. The number of hydrogen-bond acceptors (Lipinski definition) is 6. The Balaban J connectivity index is 1.69.